The van der Waals surface area contributed by atoms with Crippen LogP contribution in [0.5, 0.6) is 0 Å². The number of rotatable bonds is 3. The van der Waals surface area contributed by atoms with Crippen LogP contribution >= 0.6 is 0 Å². The Labute approximate surface area is 258 Å². The zero-order valence-electron chi connectivity index (χ0n) is 24.3. The van der Waals surface area contributed by atoms with E-state index in [1.54, 1.807) is 0 Å². The third-order valence-electron chi connectivity index (χ3n) is 9.33. The lowest BCUT2D eigenvalue weighted by Crippen LogP contribution is -1.96. The topological polar surface area (TPSA) is 23.0 Å². The number of fused-ring (bicyclic) bond motifs is 10. The van der Waals surface area contributed by atoms with Crippen molar-refractivity contribution in [1.29, 1.82) is 0 Å². The Balaban J connectivity index is 1.22. The Bertz CT molecular complexity index is 2740. The second-order valence-corrected chi connectivity index (χ2v) is 11.7. The summed E-state index contributed by atoms with van der Waals surface area (Å²) in [5.41, 5.74) is 11.2. The summed E-state index contributed by atoms with van der Waals surface area (Å²) in [6, 6.07) is 56.5. The van der Waals surface area contributed by atoms with E-state index in [9.17, 15) is 0 Å². The summed E-state index contributed by atoms with van der Waals surface area (Å²) in [5.74, 6) is 0. The molecule has 210 valence electrons. The zero-order valence-corrected chi connectivity index (χ0v) is 24.3. The monoisotopic (exact) mass is 574 g/mol. The number of hydrogen-bond donors (Lipinski definition) is 0. The van der Waals surface area contributed by atoms with Gasteiger partial charge in [-0.1, -0.05) is 109 Å². The molecule has 3 nitrogen and oxygen atoms in total. The van der Waals surface area contributed by atoms with Crippen LogP contribution in [0, 0.1) is 0 Å². The maximum absolute atomic E-state index is 6.56. The van der Waals surface area contributed by atoms with Crippen molar-refractivity contribution >= 4 is 65.6 Å². The molecule has 0 aliphatic rings. The molecule has 7 aromatic carbocycles. The summed E-state index contributed by atoms with van der Waals surface area (Å²) in [7, 11) is 0. The molecule has 45 heavy (non-hydrogen) atoms. The van der Waals surface area contributed by atoms with E-state index >= 15 is 0 Å². The Morgan fingerprint density at radius 1 is 0.356 bits per heavy atom. The molecule has 0 unspecified atom stereocenters. The molecule has 3 heterocycles. The summed E-state index contributed by atoms with van der Waals surface area (Å²) in [5, 5.41) is 7.21. The average Bonchev–Trinajstić information content (AvgIpc) is 3.77. The van der Waals surface area contributed by atoms with Crippen molar-refractivity contribution < 1.29 is 4.42 Å². The molecule has 0 amide bonds. The van der Waals surface area contributed by atoms with Crippen molar-refractivity contribution in [1.82, 2.24) is 9.13 Å². The highest BCUT2D eigenvalue weighted by molar-refractivity contribution is 6.21. The first-order valence-electron chi connectivity index (χ1n) is 15.4. The van der Waals surface area contributed by atoms with Gasteiger partial charge in [-0.15, -0.1) is 0 Å². The molecule has 0 aliphatic heterocycles. The standard InChI is InChI=1S/C42H26N2O/c1-2-11-28(12-3-1)43-37-18-7-4-13-31(37)34-17-10-16-30(40(34)43)27-21-23-29(24-22-27)44-38-19-8-5-14-32(38)35-25-26-36-33-15-6-9-20-39(33)45-42(36)41(35)44/h1-26H. The molecule has 3 aromatic heterocycles. The van der Waals surface area contributed by atoms with Gasteiger partial charge >= 0.3 is 0 Å². The number of benzene rings is 7. The normalized spacial score (nSPS) is 12.0. The van der Waals surface area contributed by atoms with E-state index in [0.717, 1.165) is 38.8 Å². The second kappa shape index (κ2) is 9.22. The van der Waals surface area contributed by atoms with Crippen LogP contribution in [-0.4, -0.2) is 9.13 Å². The van der Waals surface area contributed by atoms with E-state index in [1.165, 1.54) is 49.2 Å². The molecule has 0 fully saturated rings. The van der Waals surface area contributed by atoms with Gasteiger partial charge in [0.15, 0.2) is 5.58 Å². The van der Waals surface area contributed by atoms with E-state index in [2.05, 4.69) is 161 Å². The predicted octanol–water partition coefficient (Wildman–Crippen LogP) is 11.4. The highest BCUT2D eigenvalue weighted by atomic mass is 16.3. The van der Waals surface area contributed by atoms with Crippen LogP contribution in [0.15, 0.2) is 162 Å². The first kappa shape index (κ1) is 24.4. The summed E-state index contributed by atoms with van der Waals surface area (Å²) < 4.78 is 11.3. The van der Waals surface area contributed by atoms with E-state index < -0.39 is 0 Å². The Hall–Kier alpha value is -6.06. The summed E-state index contributed by atoms with van der Waals surface area (Å²) in [6.45, 7) is 0. The third kappa shape index (κ3) is 3.41. The molecule has 10 aromatic rings. The van der Waals surface area contributed by atoms with Crippen LogP contribution in [0.25, 0.3) is 88.1 Å². The highest BCUT2D eigenvalue weighted by Gasteiger charge is 2.20. The number of nitrogens with zero attached hydrogens (tertiary/aromatic N) is 2. The van der Waals surface area contributed by atoms with Gasteiger partial charge in [0.25, 0.3) is 0 Å². The quantitative estimate of drug-likeness (QED) is 0.206. The van der Waals surface area contributed by atoms with Gasteiger partial charge in [-0.25, -0.2) is 0 Å². The average molecular weight is 575 g/mol. The van der Waals surface area contributed by atoms with Crippen molar-refractivity contribution in [2.45, 2.75) is 0 Å². The molecule has 0 saturated heterocycles. The van der Waals surface area contributed by atoms with E-state index in [4.69, 9.17) is 4.42 Å². The number of furan rings is 1. The summed E-state index contributed by atoms with van der Waals surface area (Å²) in [4.78, 5) is 0. The van der Waals surface area contributed by atoms with Gasteiger partial charge < -0.3 is 13.6 Å². The fourth-order valence-corrected chi connectivity index (χ4v) is 7.39. The Morgan fingerprint density at radius 2 is 0.911 bits per heavy atom. The molecule has 0 radical (unpaired) electrons. The minimum absolute atomic E-state index is 0.911. The van der Waals surface area contributed by atoms with Gasteiger partial charge in [-0.05, 0) is 54.1 Å². The lowest BCUT2D eigenvalue weighted by atomic mass is 10.0. The maximum atomic E-state index is 6.56. The number of hydrogen-bond acceptors (Lipinski definition) is 1. The van der Waals surface area contributed by atoms with Gasteiger partial charge in [-0.3, -0.25) is 0 Å². The van der Waals surface area contributed by atoms with Crippen LogP contribution in [0.2, 0.25) is 0 Å². The van der Waals surface area contributed by atoms with Crippen molar-refractivity contribution in [3.05, 3.63) is 158 Å². The van der Waals surface area contributed by atoms with Gasteiger partial charge in [0.05, 0.1) is 22.1 Å². The first-order valence-corrected chi connectivity index (χ1v) is 15.4. The molecular weight excluding hydrogens is 548 g/mol. The van der Waals surface area contributed by atoms with Crippen LogP contribution in [0.1, 0.15) is 0 Å². The number of para-hydroxylation sites is 5. The van der Waals surface area contributed by atoms with Gasteiger partial charge in [0, 0.05) is 49.3 Å². The molecule has 0 saturated carbocycles. The fraction of sp³-hybridized carbons (Fsp3) is 0. The second-order valence-electron chi connectivity index (χ2n) is 11.7. The lowest BCUT2D eigenvalue weighted by Gasteiger charge is -2.13. The van der Waals surface area contributed by atoms with E-state index in [-0.39, 0.29) is 0 Å². The zero-order chi connectivity index (χ0) is 29.5. The Morgan fingerprint density at radius 3 is 1.67 bits per heavy atom. The molecule has 3 heteroatoms. The van der Waals surface area contributed by atoms with Gasteiger partial charge in [0.2, 0.25) is 0 Å². The van der Waals surface area contributed by atoms with E-state index in [0.29, 0.717) is 0 Å². The fourth-order valence-electron chi connectivity index (χ4n) is 7.39. The first-order chi connectivity index (χ1) is 22.3. The minimum atomic E-state index is 0.911. The summed E-state index contributed by atoms with van der Waals surface area (Å²) >= 11 is 0. The smallest absolute Gasteiger partial charge is 0.160 e. The molecule has 10 rings (SSSR count). The molecular formula is C42H26N2O. The third-order valence-corrected chi connectivity index (χ3v) is 9.33. The predicted molar refractivity (Wildman–Crippen MR) is 188 cm³/mol. The van der Waals surface area contributed by atoms with Crippen molar-refractivity contribution in [3.8, 4) is 22.5 Å². The van der Waals surface area contributed by atoms with Crippen molar-refractivity contribution in [3.63, 3.8) is 0 Å². The Kier molecular flexibility index (Phi) is 5.00. The minimum Gasteiger partial charge on any atom is -0.454 e. The molecule has 0 atom stereocenters. The summed E-state index contributed by atoms with van der Waals surface area (Å²) in [6.07, 6.45) is 0. The lowest BCUT2D eigenvalue weighted by molar-refractivity contribution is 0.671. The number of aromatic nitrogens is 2. The highest BCUT2D eigenvalue weighted by Crippen LogP contribution is 2.41. The van der Waals surface area contributed by atoms with Gasteiger partial charge in [0.1, 0.15) is 5.58 Å². The van der Waals surface area contributed by atoms with Crippen LogP contribution in [0.4, 0.5) is 0 Å². The van der Waals surface area contributed by atoms with Crippen LogP contribution < -0.4 is 0 Å². The maximum Gasteiger partial charge on any atom is 0.160 e. The molecule has 0 bridgehead atoms. The van der Waals surface area contributed by atoms with Crippen LogP contribution in [0.3, 0.4) is 0 Å². The van der Waals surface area contributed by atoms with Crippen LogP contribution in [-0.2, 0) is 0 Å². The molecule has 0 aliphatic carbocycles. The largest absolute Gasteiger partial charge is 0.454 e. The molecule has 0 spiro atoms. The SMILES string of the molecule is c1ccc(-n2c3ccccc3c3cccc(-c4ccc(-n5c6ccccc6c6ccc7c8ccccc8oc7c65)cc4)c32)cc1. The van der Waals surface area contributed by atoms with Gasteiger partial charge in [-0.2, -0.15) is 0 Å². The molecule has 0 N–H and O–H groups in total. The van der Waals surface area contributed by atoms with Crippen molar-refractivity contribution in [2.24, 2.45) is 0 Å². The van der Waals surface area contributed by atoms with E-state index in [1.807, 2.05) is 6.07 Å². The van der Waals surface area contributed by atoms with Crippen molar-refractivity contribution in [2.75, 3.05) is 0 Å².